The molecule has 0 spiro atoms. The summed E-state index contributed by atoms with van der Waals surface area (Å²) in [6, 6.07) is 14.9. The minimum atomic E-state index is -0.679. The molecule has 2 heterocycles. The number of nitrogens with zero attached hydrogens (tertiary/aromatic N) is 2. The maximum Gasteiger partial charge on any atom is 0.268 e. The van der Waals surface area contributed by atoms with Crippen molar-refractivity contribution in [2.24, 2.45) is 7.05 Å². The fourth-order valence-corrected chi connectivity index (χ4v) is 4.30. The number of ether oxygens (including phenoxy) is 1. The predicted octanol–water partition coefficient (Wildman–Crippen LogP) is 6.87. The standard InChI is InChI=1S/C24H19ClN2O2S/c1-24(2,26-3)15-5-10-21(29-17-8-6-16(25)7-9-17)19(13-15)20-14-27(4)23(28)22-18(20)11-12-30-22/h5-14H,1-2,4H3. The Hall–Kier alpha value is -3.07. The van der Waals surface area contributed by atoms with Crippen molar-refractivity contribution in [1.29, 1.82) is 0 Å². The van der Waals surface area contributed by atoms with E-state index in [-0.39, 0.29) is 5.56 Å². The number of hydrogen-bond acceptors (Lipinski definition) is 3. The summed E-state index contributed by atoms with van der Waals surface area (Å²) >= 11 is 7.42. The number of halogens is 1. The zero-order chi connectivity index (χ0) is 21.5. The second-order valence-electron chi connectivity index (χ2n) is 7.56. The molecule has 0 aliphatic heterocycles. The molecule has 0 amide bonds. The van der Waals surface area contributed by atoms with Crippen molar-refractivity contribution in [3.05, 3.63) is 92.5 Å². The highest BCUT2D eigenvalue weighted by Gasteiger charge is 2.28. The molecule has 2 aromatic carbocycles. The van der Waals surface area contributed by atoms with E-state index in [1.165, 1.54) is 11.3 Å². The lowest BCUT2D eigenvalue weighted by molar-refractivity contribution is 0.484. The number of benzene rings is 2. The second kappa shape index (κ2) is 7.64. The minimum absolute atomic E-state index is 0.0263. The Balaban J connectivity index is 1.96. The van der Waals surface area contributed by atoms with Crippen LogP contribution in [-0.2, 0) is 12.6 Å². The summed E-state index contributed by atoms with van der Waals surface area (Å²) in [7, 11) is 1.75. The molecule has 0 unspecified atom stereocenters. The highest BCUT2D eigenvalue weighted by atomic mass is 35.5. The van der Waals surface area contributed by atoms with Crippen LogP contribution in [0.4, 0.5) is 0 Å². The lowest BCUT2D eigenvalue weighted by Gasteiger charge is -2.18. The molecule has 2 aromatic heterocycles. The first kappa shape index (κ1) is 20.2. The average molecular weight is 435 g/mol. The molecule has 0 N–H and O–H groups in total. The van der Waals surface area contributed by atoms with Crippen LogP contribution < -0.4 is 10.3 Å². The molecule has 0 aliphatic carbocycles. The molecule has 4 aromatic rings. The zero-order valence-electron chi connectivity index (χ0n) is 16.8. The van der Waals surface area contributed by atoms with E-state index in [1.807, 2.05) is 61.8 Å². The summed E-state index contributed by atoms with van der Waals surface area (Å²) in [6.07, 6.45) is 1.83. The Morgan fingerprint density at radius 1 is 1.10 bits per heavy atom. The molecule has 30 heavy (non-hydrogen) atoms. The van der Waals surface area contributed by atoms with Crippen LogP contribution in [0.2, 0.25) is 5.02 Å². The van der Waals surface area contributed by atoms with Crippen LogP contribution in [0.5, 0.6) is 11.5 Å². The van der Waals surface area contributed by atoms with Crippen LogP contribution in [0.3, 0.4) is 0 Å². The minimum Gasteiger partial charge on any atom is -0.457 e. The van der Waals surface area contributed by atoms with Gasteiger partial charge < -0.3 is 14.1 Å². The third-order valence-electron chi connectivity index (χ3n) is 5.09. The Labute approximate surface area is 183 Å². The van der Waals surface area contributed by atoms with Crippen molar-refractivity contribution in [2.45, 2.75) is 19.4 Å². The van der Waals surface area contributed by atoms with E-state index in [2.05, 4.69) is 4.85 Å². The first-order valence-electron chi connectivity index (χ1n) is 9.34. The molecule has 0 fully saturated rings. The van der Waals surface area contributed by atoms with Crippen LogP contribution in [0, 0.1) is 6.57 Å². The van der Waals surface area contributed by atoms with Gasteiger partial charge in [-0.15, -0.1) is 11.3 Å². The van der Waals surface area contributed by atoms with E-state index >= 15 is 0 Å². The maximum absolute atomic E-state index is 12.5. The van der Waals surface area contributed by atoms with Crippen LogP contribution in [-0.4, -0.2) is 4.57 Å². The molecular weight excluding hydrogens is 416 g/mol. The van der Waals surface area contributed by atoms with Gasteiger partial charge in [0.25, 0.3) is 11.1 Å². The molecule has 0 aliphatic rings. The van der Waals surface area contributed by atoms with Crippen molar-refractivity contribution < 1.29 is 4.74 Å². The van der Waals surface area contributed by atoms with Crippen LogP contribution in [0.15, 0.2) is 64.9 Å². The van der Waals surface area contributed by atoms with Gasteiger partial charge in [-0.25, -0.2) is 6.57 Å². The summed E-state index contributed by atoms with van der Waals surface area (Å²) in [5, 5.41) is 3.43. The zero-order valence-corrected chi connectivity index (χ0v) is 18.3. The average Bonchev–Trinajstić information content (AvgIpc) is 3.23. The summed E-state index contributed by atoms with van der Waals surface area (Å²) in [5.74, 6) is 1.30. The lowest BCUT2D eigenvalue weighted by Crippen LogP contribution is -2.15. The van der Waals surface area contributed by atoms with Gasteiger partial charge in [-0.1, -0.05) is 11.6 Å². The van der Waals surface area contributed by atoms with Crippen molar-refractivity contribution in [2.75, 3.05) is 0 Å². The molecule has 4 rings (SSSR count). The first-order chi connectivity index (χ1) is 14.3. The summed E-state index contributed by atoms with van der Waals surface area (Å²) in [6.45, 7) is 11.4. The molecule has 4 nitrogen and oxygen atoms in total. The van der Waals surface area contributed by atoms with Crippen molar-refractivity contribution in [3.63, 3.8) is 0 Å². The number of pyridine rings is 1. The summed E-state index contributed by atoms with van der Waals surface area (Å²) in [5.41, 5.74) is 1.90. The topological polar surface area (TPSA) is 35.6 Å². The van der Waals surface area contributed by atoms with E-state index in [9.17, 15) is 4.79 Å². The van der Waals surface area contributed by atoms with Gasteiger partial charge >= 0.3 is 0 Å². The van der Waals surface area contributed by atoms with Crippen molar-refractivity contribution >= 4 is 33.0 Å². The summed E-state index contributed by atoms with van der Waals surface area (Å²) < 4.78 is 8.48. The number of aryl methyl sites for hydroxylation is 1. The van der Waals surface area contributed by atoms with Crippen LogP contribution in [0.1, 0.15) is 19.4 Å². The number of rotatable bonds is 4. The molecule has 0 radical (unpaired) electrons. The van der Waals surface area contributed by atoms with Crippen LogP contribution in [0.25, 0.3) is 26.1 Å². The lowest BCUT2D eigenvalue weighted by atomic mass is 9.91. The molecule has 6 heteroatoms. The SMILES string of the molecule is [C-]#[N+]C(C)(C)c1ccc(Oc2ccc(Cl)cc2)c(-c2cn(C)c(=O)c3sccc23)c1. The van der Waals surface area contributed by atoms with E-state index in [4.69, 9.17) is 22.9 Å². The van der Waals surface area contributed by atoms with Crippen molar-refractivity contribution in [1.82, 2.24) is 4.57 Å². The second-order valence-corrected chi connectivity index (χ2v) is 8.91. The van der Waals surface area contributed by atoms with Gasteiger partial charge in [0.1, 0.15) is 16.2 Å². The van der Waals surface area contributed by atoms with Gasteiger partial charge in [-0.3, -0.25) is 4.79 Å². The number of thiophene rings is 1. The van der Waals surface area contributed by atoms with Gasteiger partial charge in [0.15, 0.2) is 0 Å². The number of fused-ring (bicyclic) bond motifs is 1. The van der Waals surface area contributed by atoms with Gasteiger partial charge in [0, 0.05) is 54.2 Å². The molecule has 0 bridgehead atoms. The quantitative estimate of drug-likeness (QED) is 0.328. The molecule has 0 saturated carbocycles. The highest BCUT2D eigenvalue weighted by molar-refractivity contribution is 7.17. The Morgan fingerprint density at radius 3 is 2.53 bits per heavy atom. The highest BCUT2D eigenvalue weighted by Crippen LogP contribution is 2.40. The molecule has 0 saturated heterocycles. The van der Waals surface area contributed by atoms with E-state index < -0.39 is 5.54 Å². The predicted molar refractivity (Wildman–Crippen MR) is 124 cm³/mol. The third-order valence-corrected chi connectivity index (χ3v) is 6.24. The largest absolute Gasteiger partial charge is 0.457 e. The third kappa shape index (κ3) is 3.60. The number of aromatic nitrogens is 1. The smallest absolute Gasteiger partial charge is 0.268 e. The van der Waals surface area contributed by atoms with Gasteiger partial charge in [-0.05, 0) is 53.9 Å². The van der Waals surface area contributed by atoms with Crippen LogP contribution >= 0.6 is 22.9 Å². The molecular formula is C24H19ClN2O2S. The fourth-order valence-electron chi connectivity index (χ4n) is 3.29. The maximum atomic E-state index is 12.5. The van der Waals surface area contributed by atoms with E-state index in [1.54, 1.807) is 23.7 Å². The first-order valence-corrected chi connectivity index (χ1v) is 10.6. The van der Waals surface area contributed by atoms with Gasteiger partial charge in [0.05, 0.1) is 0 Å². The normalized spacial score (nSPS) is 11.4. The monoisotopic (exact) mass is 434 g/mol. The number of hydrogen-bond donors (Lipinski definition) is 0. The van der Waals surface area contributed by atoms with E-state index in [0.29, 0.717) is 21.2 Å². The molecule has 0 atom stereocenters. The Morgan fingerprint density at radius 2 is 1.83 bits per heavy atom. The fraction of sp³-hybridized carbons (Fsp3) is 0.167. The Kier molecular flexibility index (Phi) is 5.15. The van der Waals surface area contributed by atoms with Gasteiger partial charge in [0.2, 0.25) is 0 Å². The Bertz CT molecular complexity index is 1340. The van der Waals surface area contributed by atoms with E-state index in [0.717, 1.165) is 22.1 Å². The van der Waals surface area contributed by atoms with Gasteiger partial charge in [-0.2, -0.15) is 0 Å². The molecule has 150 valence electrons. The van der Waals surface area contributed by atoms with Crippen molar-refractivity contribution in [3.8, 4) is 22.6 Å². The summed E-state index contributed by atoms with van der Waals surface area (Å²) in [4.78, 5) is 16.3.